The smallest absolute Gasteiger partial charge is 0.291 e. The van der Waals surface area contributed by atoms with Gasteiger partial charge in [-0.3, -0.25) is 9.69 Å². The van der Waals surface area contributed by atoms with Crippen LogP contribution in [0.5, 0.6) is 5.75 Å². The summed E-state index contributed by atoms with van der Waals surface area (Å²) >= 11 is 0. The number of nitrogens with zero attached hydrogens (tertiary/aromatic N) is 1. The summed E-state index contributed by atoms with van der Waals surface area (Å²) in [5, 5.41) is 2.70. The van der Waals surface area contributed by atoms with E-state index in [0.29, 0.717) is 18.0 Å². The van der Waals surface area contributed by atoms with Gasteiger partial charge in [-0.2, -0.15) is 0 Å². The van der Waals surface area contributed by atoms with Crippen LogP contribution in [0.1, 0.15) is 35.7 Å². The predicted octanol–water partition coefficient (Wildman–Crippen LogP) is 5.09. The van der Waals surface area contributed by atoms with Gasteiger partial charge in [-0.05, 0) is 67.9 Å². The van der Waals surface area contributed by atoms with E-state index in [0.717, 1.165) is 17.9 Å². The number of ether oxygens (including phenoxy) is 1. The molecule has 0 aliphatic carbocycles. The molecule has 1 amide bonds. The molecule has 0 aliphatic heterocycles. The second-order valence-electron chi connectivity index (χ2n) is 7.08. The maximum absolute atomic E-state index is 13.0. The van der Waals surface area contributed by atoms with Gasteiger partial charge in [0.1, 0.15) is 17.3 Å². The molecule has 0 saturated heterocycles. The maximum Gasteiger partial charge on any atom is 0.291 e. The molecular formula is C23H25FN2O3. The van der Waals surface area contributed by atoms with Gasteiger partial charge < -0.3 is 14.5 Å². The van der Waals surface area contributed by atoms with Crippen molar-refractivity contribution in [2.45, 2.75) is 33.0 Å². The summed E-state index contributed by atoms with van der Waals surface area (Å²) in [5.41, 5.74) is 1.65. The van der Waals surface area contributed by atoms with Gasteiger partial charge in [0, 0.05) is 18.3 Å². The van der Waals surface area contributed by atoms with Crippen LogP contribution in [0.15, 0.2) is 65.1 Å². The van der Waals surface area contributed by atoms with E-state index in [1.165, 1.54) is 24.3 Å². The molecule has 3 rings (SSSR count). The average Bonchev–Trinajstić information content (AvgIpc) is 3.18. The highest BCUT2D eigenvalue weighted by molar-refractivity contribution is 6.02. The minimum absolute atomic E-state index is 0.217. The fraction of sp³-hybridized carbons (Fsp3) is 0.261. The van der Waals surface area contributed by atoms with Crippen LogP contribution in [-0.4, -0.2) is 24.0 Å². The molecule has 2 aromatic carbocycles. The molecule has 5 nitrogen and oxygen atoms in total. The van der Waals surface area contributed by atoms with E-state index in [9.17, 15) is 9.18 Å². The summed E-state index contributed by atoms with van der Waals surface area (Å²) < 4.78 is 24.0. The quantitative estimate of drug-likeness (QED) is 0.576. The summed E-state index contributed by atoms with van der Waals surface area (Å²) in [6.45, 7) is 5.53. The number of benzene rings is 2. The third kappa shape index (κ3) is 5.68. The van der Waals surface area contributed by atoms with E-state index in [4.69, 9.17) is 9.15 Å². The molecule has 0 spiro atoms. The van der Waals surface area contributed by atoms with Crippen molar-refractivity contribution in [1.29, 1.82) is 0 Å². The minimum atomic E-state index is -0.369. The summed E-state index contributed by atoms with van der Waals surface area (Å²) in [6.07, 6.45) is 0. The van der Waals surface area contributed by atoms with Crippen molar-refractivity contribution in [2.24, 2.45) is 0 Å². The highest BCUT2D eigenvalue weighted by Crippen LogP contribution is 2.19. The van der Waals surface area contributed by atoms with Gasteiger partial charge in [-0.15, -0.1) is 0 Å². The Kier molecular flexibility index (Phi) is 6.67. The number of halogens is 1. The van der Waals surface area contributed by atoms with Gasteiger partial charge in [-0.25, -0.2) is 4.39 Å². The van der Waals surface area contributed by atoms with Crippen molar-refractivity contribution in [3.05, 3.63) is 83.6 Å². The lowest BCUT2D eigenvalue weighted by atomic mass is 10.1. The highest BCUT2D eigenvalue weighted by Gasteiger charge is 2.16. The molecule has 6 heteroatoms. The number of furan rings is 1. The summed E-state index contributed by atoms with van der Waals surface area (Å²) in [4.78, 5) is 14.6. The number of anilines is 1. The SMILES string of the molecule is COc1cccc(CN(Cc2ccc(C(=O)Nc3ccc(F)cc3)o2)C(C)C)c1. The first-order valence-electron chi connectivity index (χ1n) is 9.47. The molecule has 3 aromatic rings. The lowest BCUT2D eigenvalue weighted by Crippen LogP contribution is -2.29. The Bertz CT molecular complexity index is 951. The minimum Gasteiger partial charge on any atom is -0.497 e. The zero-order valence-corrected chi connectivity index (χ0v) is 16.8. The van der Waals surface area contributed by atoms with Crippen molar-refractivity contribution in [3.8, 4) is 5.75 Å². The van der Waals surface area contributed by atoms with Gasteiger partial charge in [0.25, 0.3) is 5.91 Å². The van der Waals surface area contributed by atoms with E-state index in [2.05, 4.69) is 30.1 Å². The first kappa shape index (κ1) is 20.6. The number of methoxy groups -OCH3 is 1. The molecule has 0 atom stereocenters. The van der Waals surface area contributed by atoms with Crippen molar-refractivity contribution >= 4 is 11.6 Å². The molecule has 1 heterocycles. The Balaban J connectivity index is 1.66. The zero-order valence-electron chi connectivity index (χ0n) is 16.8. The summed E-state index contributed by atoms with van der Waals surface area (Å²) in [6, 6.07) is 17.3. The van der Waals surface area contributed by atoms with Crippen molar-refractivity contribution in [1.82, 2.24) is 4.90 Å². The highest BCUT2D eigenvalue weighted by atomic mass is 19.1. The topological polar surface area (TPSA) is 54.7 Å². The molecular weight excluding hydrogens is 371 g/mol. The molecule has 0 radical (unpaired) electrons. The van der Waals surface area contributed by atoms with Crippen LogP contribution in [0.25, 0.3) is 0 Å². The summed E-state index contributed by atoms with van der Waals surface area (Å²) in [5.74, 6) is 1.02. The third-order valence-electron chi connectivity index (χ3n) is 4.60. The lowest BCUT2D eigenvalue weighted by molar-refractivity contribution is 0.0991. The monoisotopic (exact) mass is 396 g/mol. The van der Waals surface area contributed by atoms with Crippen LogP contribution in [-0.2, 0) is 13.1 Å². The molecule has 0 aliphatic rings. The number of amides is 1. The van der Waals surface area contributed by atoms with Crippen molar-refractivity contribution in [2.75, 3.05) is 12.4 Å². The van der Waals surface area contributed by atoms with Gasteiger partial charge in [0.2, 0.25) is 0 Å². The molecule has 29 heavy (non-hydrogen) atoms. The number of hydrogen-bond donors (Lipinski definition) is 1. The van der Waals surface area contributed by atoms with Crippen LogP contribution in [0.3, 0.4) is 0 Å². The van der Waals surface area contributed by atoms with Gasteiger partial charge >= 0.3 is 0 Å². The largest absolute Gasteiger partial charge is 0.497 e. The average molecular weight is 396 g/mol. The third-order valence-corrected chi connectivity index (χ3v) is 4.60. The van der Waals surface area contributed by atoms with Gasteiger partial charge in [-0.1, -0.05) is 12.1 Å². The number of nitrogens with one attached hydrogen (secondary N) is 1. The molecule has 1 aromatic heterocycles. The predicted molar refractivity (Wildman–Crippen MR) is 110 cm³/mol. The number of hydrogen-bond acceptors (Lipinski definition) is 4. The second kappa shape index (κ2) is 9.39. The fourth-order valence-corrected chi connectivity index (χ4v) is 2.94. The first-order chi connectivity index (χ1) is 13.9. The lowest BCUT2D eigenvalue weighted by Gasteiger charge is -2.25. The number of carbonyl (C=O) groups is 1. The van der Waals surface area contributed by atoms with Crippen molar-refractivity contribution < 1.29 is 18.3 Å². The van der Waals surface area contributed by atoms with E-state index in [-0.39, 0.29) is 23.5 Å². The van der Waals surface area contributed by atoms with Crippen LogP contribution < -0.4 is 10.1 Å². The van der Waals surface area contributed by atoms with Gasteiger partial charge in [0.15, 0.2) is 5.76 Å². The summed E-state index contributed by atoms with van der Waals surface area (Å²) in [7, 11) is 1.65. The number of carbonyl (C=O) groups excluding carboxylic acids is 1. The Morgan fingerprint density at radius 3 is 2.55 bits per heavy atom. The van der Waals surface area contributed by atoms with Gasteiger partial charge in [0.05, 0.1) is 13.7 Å². The van der Waals surface area contributed by atoms with Crippen LogP contribution in [0.2, 0.25) is 0 Å². The van der Waals surface area contributed by atoms with Crippen LogP contribution >= 0.6 is 0 Å². The normalized spacial score (nSPS) is 11.1. The standard InChI is InChI=1S/C23H25FN2O3/c1-16(2)26(14-17-5-4-6-20(13-17)28-3)15-21-11-12-22(29-21)23(27)25-19-9-7-18(24)8-10-19/h4-13,16H,14-15H2,1-3H3,(H,25,27). The van der Waals surface area contributed by atoms with E-state index in [1.807, 2.05) is 18.2 Å². The first-order valence-corrected chi connectivity index (χ1v) is 9.47. The molecule has 1 N–H and O–H groups in total. The molecule has 0 saturated carbocycles. The van der Waals surface area contributed by atoms with E-state index in [1.54, 1.807) is 19.2 Å². The Morgan fingerprint density at radius 2 is 1.86 bits per heavy atom. The van der Waals surface area contributed by atoms with E-state index < -0.39 is 0 Å². The number of rotatable bonds is 8. The van der Waals surface area contributed by atoms with Crippen molar-refractivity contribution in [3.63, 3.8) is 0 Å². The molecule has 152 valence electrons. The zero-order chi connectivity index (χ0) is 20.8. The molecule has 0 fully saturated rings. The van der Waals surface area contributed by atoms with E-state index >= 15 is 0 Å². The van der Waals surface area contributed by atoms with Crippen LogP contribution in [0.4, 0.5) is 10.1 Å². The van der Waals surface area contributed by atoms with Crippen LogP contribution in [0, 0.1) is 5.82 Å². The Hall–Kier alpha value is -3.12. The maximum atomic E-state index is 13.0. The Labute approximate surface area is 170 Å². The Morgan fingerprint density at radius 1 is 1.10 bits per heavy atom. The second-order valence-corrected chi connectivity index (χ2v) is 7.08. The fourth-order valence-electron chi connectivity index (χ4n) is 2.94. The molecule has 0 unspecified atom stereocenters. The molecule has 0 bridgehead atoms.